The van der Waals surface area contributed by atoms with Crippen LogP contribution in [0.15, 0.2) is 42.6 Å². The minimum absolute atomic E-state index is 0.213. The SMILES string of the molecule is O=C(NCC1CCOCC1)c1ccc(COCc2ccc(OC(F)(F)F)cc2)cn1. The summed E-state index contributed by atoms with van der Waals surface area (Å²) in [6.45, 7) is 2.57. The number of nitrogens with one attached hydrogen (secondary N) is 1. The largest absolute Gasteiger partial charge is 0.573 e. The number of ether oxygens (including phenoxy) is 3. The summed E-state index contributed by atoms with van der Waals surface area (Å²) in [5.41, 5.74) is 1.83. The predicted molar refractivity (Wildman–Crippen MR) is 102 cm³/mol. The normalized spacial score (nSPS) is 15.0. The third-order valence-electron chi connectivity index (χ3n) is 4.64. The highest BCUT2D eigenvalue weighted by Gasteiger charge is 2.30. The smallest absolute Gasteiger partial charge is 0.406 e. The van der Waals surface area contributed by atoms with Crippen molar-refractivity contribution in [2.45, 2.75) is 32.4 Å². The molecule has 1 saturated heterocycles. The van der Waals surface area contributed by atoms with E-state index in [9.17, 15) is 18.0 Å². The zero-order valence-corrected chi connectivity index (χ0v) is 16.3. The highest BCUT2D eigenvalue weighted by Crippen LogP contribution is 2.23. The third-order valence-corrected chi connectivity index (χ3v) is 4.64. The van der Waals surface area contributed by atoms with Gasteiger partial charge in [-0.25, -0.2) is 0 Å². The van der Waals surface area contributed by atoms with Gasteiger partial charge in [-0.15, -0.1) is 13.2 Å². The van der Waals surface area contributed by atoms with Gasteiger partial charge in [-0.1, -0.05) is 18.2 Å². The lowest BCUT2D eigenvalue weighted by Crippen LogP contribution is -2.32. The molecule has 3 rings (SSSR count). The van der Waals surface area contributed by atoms with Gasteiger partial charge in [0.2, 0.25) is 0 Å². The van der Waals surface area contributed by atoms with Gasteiger partial charge in [0.15, 0.2) is 0 Å². The molecular weight excluding hydrogens is 401 g/mol. The van der Waals surface area contributed by atoms with Crippen molar-refractivity contribution in [3.05, 3.63) is 59.4 Å². The molecule has 2 aromatic rings. The van der Waals surface area contributed by atoms with Gasteiger partial charge in [0, 0.05) is 26.0 Å². The Morgan fingerprint density at radius 3 is 2.37 bits per heavy atom. The molecule has 6 nitrogen and oxygen atoms in total. The predicted octanol–water partition coefficient (Wildman–Crippen LogP) is 3.85. The van der Waals surface area contributed by atoms with Gasteiger partial charge >= 0.3 is 6.36 Å². The Labute approximate surface area is 172 Å². The first-order valence-electron chi connectivity index (χ1n) is 9.62. The number of hydrogen-bond donors (Lipinski definition) is 1. The Morgan fingerprint density at radius 1 is 1.07 bits per heavy atom. The van der Waals surface area contributed by atoms with Crippen LogP contribution >= 0.6 is 0 Å². The van der Waals surface area contributed by atoms with E-state index in [1.807, 2.05) is 0 Å². The van der Waals surface area contributed by atoms with E-state index < -0.39 is 6.36 Å². The second-order valence-electron chi connectivity index (χ2n) is 7.00. The van der Waals surface area contributed by atoms with Crippen molar-refractivity contribution in [3.8, 4) is 5.75 Å². The molecule has 0 aliphatic carbocycles. The van der Waals surface area contributed by atoms with Gasteiger partial charge < -0.3 is 19.5 Å². The maximum absolute atomic E-state index is 12.2. The van der Waals surface area contributed by atoms with E-state index in [0.717, 1.165) is 31.6 Å². The van der Waals surface area contributed by atoms with Crippen LogP contribution < -0.4 is 10.1 Å². The number of alkyl halides is 3. The van der Waals surface area contributed by atoms with Gasteiger partial charge in [-0.05, 0) is 48.1 Å². The fourth-order valence-electron chi connectivity index (χ4n) is 3.00. The van der Waals surface area contributed by atoms with E-state index >= 15 is 0 Å². The second-order valence-corrected chi connectivity index (χ2v) is 7.00. The molecule has 1 aliphatic rings. The van der Waals surface area contributed by atoms with Crippen LogP contribution in [0, 0.1) is 5.92 Å². The van der Waals surface area contributed by atoms with Crippen molar-refractivity contribution in [2.24, 2.45) is 5.92 Å². The molecule has 1 aromatic heterocycles. The minimum Gasteiger partial charge on any atom is -0.406 e. The van der Waals surface area contributed by atoms with Gasteiger partial charge in [0.05, 0.1) is 13.2 Å². The van der Waals surface area contributed by atoms with E-state index in [0.29, 0.717) is 23.7 Å². The number of halogens is 3. The highest BCUT2D eigenvalue weighted by molar-refractivity contribution is 5.92. The molecule has 0 spiro atoms. The van der Waals surface area contributed by atoms with Gasteiger partial charge in [0.1, 0.15) is 11.4 Å². The number of amides is 1. The molecule has 1 aromatic carbocycles. The summed E-state index contributed by atoms with van der Waals surface area (Å²) in [6.07, 6.45) is -1.24. The fraction of sp³-hybridized carbons (Fsp3) is 0.429. The molecule has 0 unspecified atom stereocenters. The lowest BCUT2D eigenvalue weighted by atomic mass is 10.0. The second kappa shape index (κ2) is 10.4. The molecular formula is C21H23F3N2O4. The van der Waals surface area contributed by atoms with E-state index in [1.54, 1.807) is 18.3 Å². The molecule has 1 fully saturated rings. The molecule has 2 heterocycles. The number of nitrogens with zero attached hydrogens (tertiary/aromatic N) is 1. The summed E-state index contributed by atoms with van der Waals surface area (Å²) in [5.74, 6) is -0.0549. The first kappa shape index (κ1) is 22.0. The Hall–Kier alpha value is -2.65. The number of carbonyl (C=O) groups is 1. The van der Waals surface area contributed by atoms with Crippen LogP contribution in [0.4, 0.5) is 13.2 Å². The number of pyridine rings is 1. The highest BCUT2D eigenvalue weighted by atomic mass is 19.4. The third kappa shape index (κ3) is 7.31. The van der Waals surface area contributed by atoms with E-state index in [-0.39, 0.29) is 24.9 Å². The lowest BCUT2D eigenvalue weighted by molar-refractivity contribution is -0.274. The maximum Gasteiger partial charge on any atom is 0.573 e. The zero-order chi connectivity index (χ0) is 21.4. The first-order chi connectivity index (χ1) is 14.4. The number of carbonyl (C=O) groups excluding carboxylic acids is 1. The van der Waals surface area contributed by atoms with Crippen molar-refractivity contribution < 1.29 is 32.2 Å². The fourth-order valence-corrected chi connectivity index (χ4v) is 3.00. The van der Waals surface area contributed by atoms with E-state index in [4.69, 9.17) is 9.47 Å². The molecule has 0 radical (unpaired) electrons. The quantitative estimate of drug-likeness (QED) is 0.697. The van der Waals surface area contributed by atoms with E-state index in [2.05, 4.69) is 15.0 Å². The Bertz CT molecular complexity index is 804. The van der Waals surface area contributed by atoms with Crippen molar-refractivity contribution >= 4 is 5.91 Å². The Balaban J connectivity index is 1.40. The standard InChI is InChI=1S/C21H23F3N2O4/c22-21(23,24)30-18-4-1-16(2-5-18)13-29-14-17-3-6-19(25-12-17)20(27)26-11-15-7-9-28-10-8-15/h1-6,12,15H,7-11,13-14H2,(H,26,27). The van der Waals surface area contributed by atoms with Crippen molar-refractivity contribution in [1.82, 2.24) is 10.3 Å². The Kier molecular flexibility index (Phi) is 7.64. The summed E-state index contributed by atoms with van der Waals surface area (Å²) in [4.78, 5) is 16.4. The minimum atomic E-state index is -4.71. The Morgan fingerprint density at radius 2 is 1.73 bits per heavy atom. The molecule has 162 valence electrons. The molecule has 30 heavy (non-hydrogen) atoms. The molecule has 0 saturated carbocycles. The van der Waals surface area contributed by atoms with Gasteiger partial charge in [-0.2, -0.15) is 0 Å². The number of rotatable bonds is 8. The summed E-state index contributed by atoms with van der Waals surface area (Å²) < 4.78 is 51.2. The van der Waals surface area contributed by atoms with Crippen molar-refractivity contribution in [3.63, 3.8) is 0 Å². The summed E-state index contributed by atoms with van der Waals surface area (Å²) in [6, 6.07) is 8.89. The van der Waals surface area contributed by atoms with Crippen LogP contribution in [0.1, 0.15) is 34.5 Å². The summed E-state index contributed by atoms with van der Waals surface area (Å²) in [5, 5.41) is 2.90. The summed E-state index contributed by atoms with van der Waals surface area (Å²) >= 11 is 0. The van der Waals surface area contributed by atoms with Crippen LogP contribution in [-0.2, 0) is 22.7 Å². The van der Waals surface area contributed by atoms with Gasteiger partial charge in [0.25, 0.3) is 5.91 Å². The lowest BCUT2D eigenvalue weighted by Gasteiger charge is -2.22. The average Bonchev–Trinajstić information content (AvgIpc) is 2.73. The van der Waals surface area contributed by atoms with Crippen molar-refractivity contribution in [2.75, 3.05) is 19.8 Å². The van der Waals surface area contributed by atoms with Crippen LogP contribution in [0.2, 0.25) is 0 Å². The molecule has 1 amide bonds. The molecule has 1 N–H and O–H groups in total. The monoisotopic (exact) mass is 424 g/mol. The number of aromatic nitrogens is 1. The van der Waals surface area contributed by atoms with Crippen molar-refractivity contribution in [1.29, 1.82) is 0 Å². The molecule has 0 bridgehead atoms. The molecule has 9 heteroatoms. The zero-order valence-electron chi connectivity index (χ0n) is 16.3. The first-order valence-corrected chi connectivity index (χ1v) is 9.62. The number of hydrogen-bond acceptors (Lipinski definition) is 5. The number of benzene rings is 1. The van der Waals surface area contributed by atoms with E-state index in [1.165, 1.54) is 24.3 Å². The molecule has 0 atom stereocenters. The van der Waals surface area contributed by atoms with Crippen LogP contribution in [0.25, 0.3) is 0 Å². The molecule has 1 aliphatic heterocycles. The summed E-state index contributed by atoms with van der Waals surface area (Å²) in [7, 11) is 0. The van der Waals surface area contributed by atoms with Crippen LogP contribution in [0.3, 0.4) is 0 Å². The van der Waals surface area contributed by atoms with Gasteiger partial charge in [-0.3, -0.25) is 9.78 Å². The average molecular weight is 424 g/mol. The topological polar surface area (TPSA) is 69.7 Å². The van der Waals surface area contributed by atoms with Crippen LogP contribution in [-0.4, -0.2) is 37.0 Å². The maximum atomic E-state index is 12.2. The van der Waals surface area contributed by atoms with Crippen LogP contribution in [0.5, 0.6) is 5.75 Å².